The summed E-state index contributed by atoms with van der Waals surface area (Å²) in [6.45, 7) is 5.33. The average Bonchev–Trinajstić information content (AvgIpc) is 3.52. The van der Waals surface area contributed by atoms with Gasteiger partial charge in [-0.25, -0.2) is 4.98 Å². The molecule has 1 aliphatic heterocycles. The number of aromatic nitrogens is 2. The number of aryl methyl sites for hydroxylation is 2. The van der Waals surface area contributed by atoms with Crippen molar-refractivity contribution in [2.45, 2.75) is 51.1 Å². The molecule has 6 nitrogen and oxygen atoms in total. The summed E-state index contributed by atoms with van der Waals surface area (Å²) in [5.41, 5.74) is 3.16. The highest BCUT2D eigenvalue weighted by atomic mass is 32.2. The summed E-state index contributed by atoms with van der Waals surface area (Å²) >= 11 is 3.51. The van der Waals surface area contributed by atoms with Crippen molar-refractivity contribution in [3.05, 3.63) is 51.9 Å². The Balaban J connectivity index is 1.26. The fourth-order valence-corrected chi connectivity index (χ4v) is 7.13. The highest BCUT2D eigenvalue weighted by Crippen LogP contribution is 2.36. The van der Waals surface area contributed by atoms with Gasteiger partial charge in [0, 0.05) is 60.6 Å². The number of nitrogens with one attached hydrogen (secondary N) is 1. The minimum absolute atomic E-state index is 0.00809. The van der Waals surface area contributed by atoms with E-state index in [1.54, 1.807) is 10.9 Å². The molecule has 3 aromatic rings. The lowest BCUT2D eigenvalue weighted by atomic mass is 9.94. The van der Waals surface area contributed by atoms with Crippen LogP contribution in [0, 0.1) is 6.92 Å². The third-order valence-corrected chi connectivity index (χ3v) is 9.16. The van der Waals surface area contributed by atoms with Gasteiger partial charge in [0.1, 0.15) is 4.83 Å². The Labute approximate surface area is 208 Å². The molecule has 0 unspecified atom stereocenters. The average molecular weight is 497 g/mol. The summed E-state index contributed by atoms with van der Waals surface area (Å²) in [5.74, 6) is 2.37. The Morgan fingerprint density at radius 2 is 1.88 bits per heavy atom. The summed E-state index contributed by atoms with van der Waals surface area (Å²) in [6, 6.07) is 8.19. The first-order chi connectivity index (χ1) is 16.6. The van der Waals surface area contributed by atoms with Crippen molar-refractivity contribution in [3.63, 3.8) is 0 Å². The molecule has 0 bridgehead atoms. The van der Waals surface area contributed by atoms with Crippen molar-refractivity contribution < 1.29 is 4.79 Å². The fourth-order valence-electron chi connectivity index (χ4n) is 5.32. The van der Waals surface area contributed by atoms with Gasteiger partial charge >= 0.3 is 0 Å². The van der Waals surface area contributed by atoms with E-state index in [1.165, 1.54) is 41.2 Å². The molecular formula is C26H32N4O2S2. The molecule has 34 heavy (non-hydrogen) atoms. The van der Waals surface area contributed by atoms with Crippen LogP contribution >= 0.6 is 23.1 Å². The number of rotatable bonds is 7. The van der Waals surface area contributed by atoms with Crippen molar-refractivity contribution in [2.24, 2.45) is 0 Å². The zero-order valence-corrected chi connectivity index (χ0v) is 21.3. The Morgan fingerprint density at radius 3 is 2.62 bits per heavy atom. The molecule has 3 heterocycles. The third-order valence-electron chi connectivity index (χ3n) is 7.33. The second kappa shape index (κ2) is 10.2. The fraction of sp³-hybridized carbons (Fsp3) is 0.500. The predicted octanol–water partition coefficient (Wildman–Crippen LogP) is 4.30. The van der Waals surface area contributed by atoms with Gasteiger partial charge in [0.15, 0.2) is 0 Å². The van der Waals surface area contributed by atoms with E-state index in [-0.39, 0.29) is 23.4 Å². The van der Waals surface area contributed by atoms with Gasteiger partial charge in [0.2, 0.25) is 5.91 Å². The molecule has 1 aliphatic carbocycles. The molecule has 5 rings (SSSR count). The van der Waals surface area contributed by atoms with E-state index in [9.17, 15) is 9.59 Å². The van der Waals surface area contributed by atoms with Crippen LogP contribution < -0.4 is 10.9 Å². The summed E-state index contributed by atoms with van der Waals surface area (Å²) < 4.78 is 1.58. The number of thiophene rings is 1. The van der Waals surface area contributed by atoms with Gasteiger partial charge in [-0.15, -0.1) is 11.3 Å². The SMILES string of the molecule is Cc1ccc(-c2csc3ncn(CCC(=O)NCC4(N5CCSCC5)CCCC4)c(=O)c23)cc1. The zero-order valence-electron chi connectivity index (χ0n) is 19.7. The van der Waals surface area contributed by atoms with Crippen molar-refractivity contribution >= 4 is 39.2 Å². The molecule has 8 heteroatoms. The highest BCUT2D eigenvalue weighted by Gasteiger charge is 2.40. The van der Waals surface area contributed by atoms with Gasteiger partial charge in [-0.2, -0.15) is 11.8 Å². The van der Waals surface area contributed by atoms with Crippen LogP contribution in [0.5, 0.6) is 0 Å². The Morgan fingerprint density at radius 1 is 1.15 bits per heavy atom. The maximum atomic E-state index is 13.3. The molecule has 1 amide bonds. The standard InChI is InChI=1S/C26H32N4O2S2/c1-19-4-6-20(7-5-19)21-16-34-24-23(21)25(32)29(18-28-24)11-8-22(31)27-17-26(9-2-3-10-26)30-12-14-33-15-13-30/h4-7,16,18H,2-3,8-15,17H2,1H3,(H,27,31). The first kappa shape index (κ1) is 23.6. The van der Waals surface area contributed by atoms with Crippen LogP contribution in [0.15, 0.2) is 40.8 Å². The van der Waals surface area contributed by atoms with E-state index in [1.807, 2.05) is 29.3 Å². The van der Waals surface area contributed by atoms with E-state index >= 15 is 0 Å². The molecule has 1 saturated carbocycles. The maximum Gasteiger partial charge on any atom is 0.262 e. The van der Waals surface area contributed by atoms with Crippen molar-refractivity contribution in [3.8, 4) is 11.1 Å². The van der Waals surface area contributed by atoms with Crippen molar-refractivity contribution in [1.29, 1.82) is 0 Å². The summed E-state index contributed by atoms with van der Waals surface area (Å²) in [7, 11) is 0. The Bertz CT molecular complexity index is 1210. The molecule has 2 fully saturated rings. The monoisotopic (exact) mass is 496 g/mol. The van der Waals surface area contributed by atoms with Crippen LogP contribution in [0.1, 0.15) is 37.7 Å². The van der Waals surface area contributed by atoms with Crippen molar-refractivity contribution in [2.75, 3.05) is 31.1 Å². The van der Waals surface area contributed by atoms with E-state index in [4.69, 9.17) is 0 Å². The number of hydrogen-bond donors (Lipinski definition) is 1. The van der Waals surface area contributed by atoms with Gasteiger partial charge in [0.25, 0.3) is 5.56 Å². The summed E-state index contributed by atoms with van der Waals surface area (Å²) in [5, 5.41) is 5.85. The quantitative estimate of drug-likeness (QED) is 0.528. The molecule has 0 spiro atoms. The second-order valence-electron chi connectivity index (χ2n) is 9.50. The topological polar surface area (TPSA) is 67.2 Å². The number of benzene rings is 1. The molecule has 180 valence electrons. The molecule has 0 atom stereocenters. The molecule has 1 saturated heterocycles. The summed E-state index contributed by atoms with van der Waals surface area (Å²) in [4.78, 5) is 33.9. The zero-order chi connectivity index (χ0) is 23.5. The maximum absolute atomic E-state index is 13.3. The lowest BCUT2D eigenvalue weighted by Crippen LogP contribution is -2.56. The minimum Gasteiger partial charge on any atom is -0.354 e. The first-order valence-electron chi connectivity index (χ1n) is 12.2. The molecule has 2 aliphatic rings. The van der Waals surface area contributed by atoms with Gasteiger partial charge < -0.3 is 5.32 Å². The number of thioether (sulfide) groups is 1. The molecule has 2 aromatic heterocycles. The number of fused-ring (bicyclic) bond motifs is 1. The van der Waals surface area contributed by atoms with Gasteiger partial charge in [-0.3, -0.25) is 19.1 Å². The highest BCUT2D eigenvalue weighted by molar-refractivity contribution is 7.99. The number of carbonyl (C=O) groups excluding carboxylic acids is 1. The Kier molecular flexibility index (Phi) is 7.09. The van der Waals surface area contributed by atoms with E-state index in [0.717, 1.165) is 41.9 Å². The molecular weight excluding hydrogens is 464 g/mol. The predicted molar refractivity (Wildman–Crippen MR) is 142 cm³/mol. The Hall–Kier alpha value is -2.16. The largest absolute Gasteiger partial charge is 0.354 e. The number of amides is 1. The van der Waals surface area contributed by atoms with Gasteiger partial charge in [-0.1, -0.05) is 42.7 Å². The van der Waals surface area contributed by atoms with E-state index < -0.39 is 0 Å². The molecule has 0 radical (unpaired) electrons. The van der Waals surface area contributed by atoms with E-state index in [0.29, 0.717) is 18.5 Å². The number of nitrogens with zero attached hydrogens (tertiary/aromatic N) is 3. The van der Waals surface area contributed by atoms with Gasteiger partial charge in [0.05, 0.1) is 11.7 Å². The van der Waals surface area contributed by atoms with Crippen LogP contribution in [0.2, 0.25) is 0 Å². The minimum atomic E-state index is -0.0762. The van der Waals surface area contributed by atoms with Crippen LogP contribution in [0.4, 0.5) is 0 Å². The van der Waals surface area contributed by atoms with Crippen LogP contribution in [0.3, 0.4) is 0 Å². The second-order valence-corrected chi connectivity index (χ2v) is 11.6. The van der Waals surface area contributed by atoms with E-state index in [2.05, 4.69) is 34.3 Å². The third kappa shape index (κ3) is 4.81. The van der Waals surface area contributed by atoms with Gasteiger partial charge in [-0.05, 0) is 25.3 Å². The van der Waals surface area contributed by atoms with Crippen molar-refractivity contribution in [1.82, 2.24) is 19.8 Å². The van der Waals surface area contributed by atoms with Crippen LogP contribution in [-0.4, -0.2) is 57.0 Å². The smallest absolute Gasteiger partial charge is 0.262 e. The lowest BCUT2D eigenvalue weighted by molar-refractivity contribution is -0.122. The lowest BCUT2D eigenvalue weighted by Gasteiger charge is -2.43. The normalized spacial score (nSPS) is 18.4. The summed E-state index contributed by atoms with van der Waals surface area (Å²) in [6.07, 6.45) is 6.67. The number of carbonyl (C=O) groups is 1. The number of hydrogen-bond acceptors (Lipinski definition) is 6. The molecule has 1 aromatic carbocycles. The van der Waals surface area contributed by atoms with Crippen LogP contribution in [0.25, 0.3) is 21.3 Å². The molecule has 1 N–H and O–H groups in total. The first-order valence-corrected chi connectivity index (χ1v) is 14.2. The van der Waals surface area contributed by atoms with Crippen LogP contribution in [-0.2, 0) is 11.3 Å².